The molecule has 0 saturated carbocycles. The number of benzene rings is 1. The van der Waals surface area contributed by atoms with Crippen molar-refractivity contribution in [3.8, 4) is 17.4 Å². The van der Waals surface area contributed by atoms with E-state index >= 15 is 0 Å². The number of hydrogen-bond donors (Lipinski definition) is 0. The molecule has 1 aliphatic heterocycles. The van der Waals surface area contributed by atoms with Crippen molar-refractivity contribution in [3.63, 3.8) is 0 Å². The summed E-state index contributed by atoms with van der Waals surface area (Å²) >= 11 is 0. The van der Waals surface area contributed by atoms with Gasteiger partial charge in [-0.1, -0.05) is 12.1 Å². The van der Waals surface area contributed by atoms with Crippen molar-refractivity contribution >= 4 is 5.91 Å². The molecule has 0 spiro atoms. The number of ether oxygens (including phenoxy) is 3. The molecule has 1 aliphatic rings. The highest BCUT2D eigenvalue weighted by Gasteiger charge is 2.28. The molecule has 2 heterocycles. The van der Waals surface area contributed by atoms with Crippen LogP contribution in [0, 0.1) is 6.92 Å². The number of aromatic nitrogens is 2. The van der Waals surface area contributed by atoms with Crippen LogP contribution in [0.5, 0.6) is 17.4 Å². The summed E-state index contributed by atoms with van der Waals surface area (Å²) in [6.45, 7) is 2.99. The zero-order valence-electron chi connectivity index (χ0n) is 14.3. The van der Waals surface area contributed by atoms with Crippen LogP contribution < -0.4 is 14.2 Å². The van der Waals surface area contributed by atoms with E-state index < -0.39 is 0 Å². The van der Waals surface area contributed by atoms with Gasteiger partial charge in [0.2, 0.25) is 5.88 Å². The normalized spacial score (nSPS) is 16.6. The van der Waals surface area contributed by atoms with Crippen molar-refractivity contribution in [2.45, 2.75) is 19.4 Å². The number of aryl methyl sites for hydroxylation is 1. The van der Waals surface area contributed by atoms with Gasteiger partial charge >= 0.3 is 0 Å². The van der Waals surface area contributed by atoms with Crippen LogP contribution in [-0.2, 0) is 4.79 Å². The van der Waals surface area contributed by atoms with E-state index in [1.165, 1.54) is 0 Å². The molecule has 1 unspecified atom stereocenters. The van der Waals surface area contributed by atoms with Gasteiger partial charge in [0.15, 0.2) is 18.1 Å². The van der Waals surface area contributed by atoms with E-state index in [1.807, 2.05) is 25.1 Å². The van der Waals surface area contributed by atoms with E-state index in [0.29, 0.717) is 30.5 Å². The van der Waals surface area contributed by atoms with E-state index in [9.17, 15) is 4.79 Å². The quantitative estimate of drug-likeness (QED) is 0.797. The molecule has 2 aromatic rings. The lowest BCUT2D eigenvalue weighted by Gasteiger charge is -2.17. The molecule has 0 N–H and O–H groups in total. The molecular weight excluding hydrogens is 322 g/mol. The zero-order chi connectivity index (χ0) is 17.6. The number of hydrogen-bond acceptors (Lipinski definition) is 6. The first-order chi connectivity index (χ1) is 12.2. The van der Waals surface area contributed by atoms with Crippen LogP contribution in [0.4, 0.5) is 0 Å². The summed E-state index contributed by atoms with van der Waals surface area (Å²) in [5.41, 5.74) is 0.837. The molecule has 1 aromatic heterocycles. The maximum atomic E-state index is 12.3. The smallest absolute Gasteiger partial charge is 0.260 e. The third-order valence-corrected chi connectivity index (χ3v) is 3.98. The molecule has 0 radical (unpaired) electrons. The van der Waals surface area contributed by atoms with Gasteiger partial charge in [0.05, 0.1) is 19.3 Å². The topological polar surface area (TPSA) is 73.8 Å². The first-order valence-electron chi connectivity index (χ1n) is 8.16. The second-order valence-corrected chi connectivity index (χ2v) is 5.82. The summed E-state index contributed by atoms with van der Waals surface area (Å²) in [5.74, 6) is 1.57. The van der Waals surface area contributed by atoms with Gasteiger partial charge in [0.1, 0.15) is 6.10 Å². The minimum absolute atomic E-state index is 0.0303. The van der Waals surface area contributed by atoms with E-state index in [0.717, 1.165) is 12.1 Å². The largest absolute Gasteiger partial charge is 0.493 e. The van der Waals surface area contributed by atoms with Crippen molar-refractivity contribution in [3.05, 3.63) is 42.1 Å². The third-order valence-electron chi connectivity index (χ3n) is 3.98. The minimum Gasteiger partial charge on any atom is -0.493 e. The highest BCUT2D eigenvalue weighted by atomic mass is 16.5. The van der Waals surface area contributed by atoms with Crippen LogP contribution in [0.2, 0.25) is 0 Å². The Labute approximate surface area is 146 Å². The van der Waals surface area contributed by atoms with Gasteiger partial charge in [-0.15, -0.1) is 5.10 Å². The molecule has 25 heavy (non-hydrogen) atoms. The Hall–Kier alpha value is -2.83. The van der Waals surface area contributed by atoms with Crippen LogP contribution in [0.25, 0.3) is 0 Å². The molecular formula is C18H21N3O4. The minimum atomic E-state index is -0.0769. The fourth-order valence-corrected chi connectivity index (χ4v) is 2.64. The number of likely N-dealkylation sites (tertiary alicyclic amines) is 1. The van der Waals surface area contributed by atoms with Crippen molar-refractivity contribution in [2.24, 2.45) is 0 Å². The van der Waals surface area contributed by atoms with Crippen LogP contribution in [0.15, 0.2) is 36.4 Å². The number of nitrogens with zero attached hydrogens (tertiary/aromatic N) is 3. The molecule has 7 heteroatoms. The first kappa shape index (κ1) is 17.0. The maximum absolute atomic E-state index is 12.3. The monoisotopic (exact) mass is 343 g/mol. The molecule has 1 fully saturated rings. The first-order valence-corrected chi connectivity index (χ1v) is 8.16. The average molecular weight is 343 g/mol. The third kappa shape index (κ3) is 4.37. The van der Waals surface area contributed by atoms with Crippen LogP contribution in [-0.4, -0.2) is 53.9 Å². The van der Waals surface area contributed by atoms with Gasteiger partial charge in [-0.3, -0.25) is 4.79 Å². The fraction of sp³-hybridized carbons (Fsp3) is 0.389. The number of carbonyl (C=O) groups is 1. The zero-order valence-corrected chi connectivity index (χ0v) is 14.3. The van der Waals surface area contributed by atoms with Crippen molar-refractivity contribution in [1.29, 1.82) is 0 Å². The summed E-state index contributed by atoms with van der Waals surface area (Å²) < 4.78 is 16.6. The fourth-order valence-electron chi connectivity index (χ4n) is 2.64. The second kappa shape index (κ2) is 7.83. The Kier molecular flexibility index (Phi) is 5.33. The Morgan fingerprint density at radius 1 is 1.20 bits per heavy atom. The second-order valence-electron chi connectivity index (χ2n) is 5.82. The molecule has 132 valence electrons. The molecule has 1 saturated heterocycles. The van der Waals surface area contributed by atoms with Crippen molar-refractivity contribution in [2.75, 3.05) is 26.8 Å². The Morgan fingerprint density at radius 3 is 2.72 bits per heavy atom. The lowest BCUT2D eigenvalue weighted by atomic mass is 10.3. The number of para-hydroxylation sites is 2. The van der Waals surface area contributed by atoms with Crippen LogP contribution in [0.1, 0.15) is 12.1 Å². The summed E-state index contributed by atoms with van der Waals surface area (Å²) in [6, 6.07) is 10.9. The van der Waals surface area contributed by atoms with Gasteiger partial charge in [0.25, 0.3) is 5.91 Å². The van der Waals surface area contributed by atoms with E-state index in [-0.39, 0.29) is 18.6 Å². The summed E-state index contributed by atoms with van der Waals surface area (Å²) in [7, 11) is 1.57. The molecule has 3 rings (SSSR count). The molecule has 0 bridgehead atoms. The predicted molar refractivity (Wildman–Crippen MR) is 90.9 cm³/mol. The highest BCUT2D eigenvalue weighted by Crippen LogP contribution is 2.26. The standard InChI is InChI=1S/C18H21N3O4/c1-13-7-8-17(20-19-13)25-14-9-10-21(11-14)18(22)12-24-16-6-4-3-5-15(16)23-2/h3-8,14H,9-12H2,1-2H3. The summed E-state index contributed by atoms with van der Waals surface area (Å²) in [4.78, 5) is 14.1. The molecule has 0 aliphatic carbocycles. The highest BCUT2D eigenvalue weighted by molar-refractivity contribution is 5.78. The maximum Gasteiger partial charge on any atom is 0.260 e. The lowest BCUT2D eigenvalue weighted by molar-refractivity contribution is -0.132. The van der Waals surface area contributed by atoms with E-state index in [2.05, 4.69) is 10.2 Å². The van der Waals surface area contributed by atoms with Gasteiger partial charge < -0.3 is 19.1 Å². The van der Waals surface area contributed by atoms with Crippen LogP contribution in [0.3, 0.4) is 0 Å². The summed E-state index contributed by atoms with van der Waals surface area (Å²) in [6.07, 6.45) is 0.683. The number of methoxy groups -OCH3 is 1. The van der Waals surface area contributed by atoms with E-state index in [1.54, 1.807) is 30.2 Å². The molecule has 1 amide bonds. The Morgan fingerprint density at radius 2 is 2.00 bits per heavy atom. The SMILES string of the molecule is COc1ccccc1OCC(=O)N1CCC(Oc2ccc(C)nn2)C1. The van der Waals surface area contributed by atoms with Gasteiger partial charge in [-0.2, -0.15) is 5.10 Å². The lowest BCUT2D eigenvalue weighted by Crippen LogP contribution is -2.34. The van der Waals surface area contributed by atoms with Crippen molar-refractivity contribution in [1.82, 2.24) is 15.1 Å². The van der Waals surface area contributed by atoms with Crippen molar-refractivity contribution < 1.29 is 19.0 Å². The summed E-state index contributed by atoms with van der Waals surface area (Å²) in [5, 5.41) is 7.96. The van der Waals surface area contributed by atoms with Crippen LogP contribution >= 0.6 is 0 Å². The number of rotatable bonds is 6. The predicted octanol–water partition coefficient (Wildman–Crippen LogP) is 1.85. The van der Waals surface area contributed by atoms with E-state index in [4.69, 9.17) is 14.2 Å². The molecule has 1 aromatic carbocycles. The van der Waals surface area contributed by atoms with Gasteiger partial charge in [-0.25, -0.2) is 0 Å². The number of amides is 1. The Bertz CT molecular complexity index is 721. The molecule has 1 atom stereocenters. The van der Waals surface area contributed by atoms with Gasteiger partial charge in [-0.05, 0) is 25.1 Å². The molecule has 7 nitrogen and oxygen atoms in total. The van der Waals surface area contributed by atoms with Gasteiger partial charge in [0, 0.05) is 19.0 Å². The number of carbonyl (C=O) groups excluding carboxylic acids is 1. The Balaban J connectivity index is 1.49. The average Bonchev–Trinajstić information content (AvgIpc) is 3.10.